The van der Waals surface area contributed by atoms with Crippen molar-refractivity contribution in [3.05, 3.63) is 90.5 Å². The number of rotatable bonds is 10. The van der Waals surface area contributed by atoms with Crippen LogP contribution in [0.25, 0.3) is 22.2 Å². The van der Waals surface area contributed by atoms with Crippen molar-refractivity contribution in [1.29, 1.82) is 0 Å². The summed E-state index contributed by atoms with van der Waals surface area (Å²) in [6, 6.07) is 19.9. The summed E-state index contributed by atoms with van der Waals surface area (Å²) in [5.74, 6) is -2.32. The lowest BCUT2D eigenvalue weighted by molar-refractivity contribution is -0.274. The van der Waals surface area contributed by atoms with E-state index in [2.05, 4.69) is 9.46 Å². The number of allylic oxidation sites excluding steroid dienone is 2. The Morgan fingerprint density at radius 2 is 1.76 bits per heavy atom. The van der Waals surface area contributed by atoms with Crippen LogP contribution in [0, 0.1) is 17.3 Å². The minimum Gasteiger partial charge on any atom is -0.459 e. The monoisotopic (exact) mass is 874 g/mol. The van der Waals surface area contributed by atoms with E-state index in [1.165, 1.54) is 18.2 Å². The van der Waals surface area contributed by atoms with E-state index in [0.717, 1.165) is 31.2 Å². The van der Waals surface area contributed by atoms with Crippen LogP contribution in [0.15, 0.2) is 84.9 Å². The molecule has 11 nitrogen and oxygen atoms in total. The van der Waals surface area contributed by atoms with Gasteiger partial charge in [-0.15, -0.1) is 13.2 Å². The van der Waals surface area contributed by atoms with Gasteiger partial charge in [-0.25, -0.2) is 8.42 Å². The molecule has 15 heteroatoms. The molecule has 5 atom stereocenters. The number of amides is 2. The van der Waals surface area contributed by atoms with Gasteiger partial charge in [-0.3, -0.25) is 23.7 Å². The fourth-order valence-corrected chi connectivity index (χ4v) is 10.6. The lowest BCUT2D eigenvalue weighted by Gasteiger charge is -2.29. The minimum atomic E-state index is -4.87. The second-order valence-electron chi connectivity index (χ2n) is 18.0. The number of benzene rings is 3. The highest BCUT2D eigenvalue weighted by Crippen LogP contribution is 2.57. The summed E-state index contributed by atoms with van der Waals surface area (Å²) >= 11 is 0. The van der Waals surface area contributed by atoms with Crippen molar-refractivity contribution in [3.63, 3.8) is 0 Å². The number of carbonyl (C=O) groups excluding carboxylic acids is 3. The van der Waals surface area contributed by atoms with E-state index in [0.29, 0.717) is 54.3 Å². The van der Waals surface area contributed by atoms with Crippen LogP contribution in [0.1, 0.15) is 96.6 Å². The summed E-state index contributed by atoms with van der Waals surface area (Å²) in [7, 11) is -3.97. The molecule has 0 radical (unpaired) electrons. The van der Waals surface area contributed by atoms with Gasteiger partial charge in [-0.2, -0.15) is 4.98 Å². The topological polar surface area (TPSA) is 137 Å². The number of ketones is 1. The first-order valence-electron chi connectivity index (χ1n) is 21.6. The first kappa shape index (κ1) is 43.5. The third kappa shape index (κ3) is 9.00. The highest BCUT2D eigenvalue weighted by atomic mass is 32.2. The van der Waals surface area contributed by atoms with E-state index in [9.17, 15) is 36.0 Å². The van der Waals surface area contributed by atoms with Gasteiger partial charge in [0.15, 0.2) is 5.78 Å². The maximum atomic E-state index is 14.9. The average Bonchev–Trinajstić information content (AvgIpc) is 4.04. The first-order valence-corrected chi connectivity index (χ1v) is 23.1. The third-order valence-corrected chi connectivity index (χ3v) is 15.3. The molecular weight excluding hydrogens is 822 g/mol. The van der Waals surface area contributed by atoms with Gasteiger partial charge >= 0.3 is 6.36 Å². The van der Waals surface area contributed by atoms with E-state index >= 15 is 0 Å². The van der Waals surface area contributed by atoms with Crippen LogP contribution in [0.4, 0.5) is 13.2 Å². The quantitative estimate of drug-likeness (QED) is 0.156. The summed E-state index contributed by atoms with van der Waals surface area (Å²) in [4.78, 5) is 50.3. The molecule has 8 rings (SSSR count). The highest BCUT2D eigenvalue weighted by Gasteiger charge is 2.62. The Labute approximate surface area is 360 Å². The Morgan fingerprint density at radius 3 is 2.48 bits per heavy atom. The van der Waals surface area contributed by atoms with Crippen LogP contribution in [-0.4, -0.2) is 70.3 Å². The molecule has 1 saturated heterocycles. The van der Waals surface area contributed by atoms with E-state index in [1.807, 2.05) is 67.0 Å². The van der Waals surface area contributed by atoms with E-state index in [4.69, 9.17) is 9.72 Å². The number of halogens is 3. The van der Waals surface area contributed by atoms with Gasteiger partial charge in [0.05, 0.1) is 28.3 Å². The fraction of sp³-hybridized carbons (Fsp3) is 0.489. The number of sulfonamides is 1. The third-order valence-electron chi connectivity index (χ3n) is 13.1. The smallest absolute Gasteiger partial charge is 0.459 e. The molecule has 0 unspecified atom stereocenters. The molecule has 3 aromatic carbocycles. The molecule has 3 heterocycles. The van der Waals surface area contributed by atoms with Gasteiger partial charge in [0.25, 0.3) is 6.01 Å². The van der Waals surface area contributed by atoms with Crippen molar-refractivity contribution >= 4 is 38.7 Å². The van der Waals surface area contributed by atoms with Gasteiger partial charge in [0, 0.05) is 30.4 Å². The van der Waals surface area contributed by atoms with Crippen LogP contribution in [0.3, 0.4) is 0 Å². The van der Waals surface area contributed by atoms with Crippen LogP contribution in [0.5, 0.6) is 11.8 Å². The zero-order valence-corrected chi connectivity index (χ0v) is 36.0. The van der Waals surface area contributed by atoms with E-state index < -0.39 is 50.5 Å². The summed E-state index contributed by atoms with van der Waals surface area (Å²) in [5.41, 5.74) is 1.90. The number of para-hydroxylation sites is 1. The second-order valence-corrected chi connectivity index (χ2v) is 20.2. The molecule has 1 aromatic heterocycles. The summed E-state index contributed by atoms with van der Waals surface area (Å²) in [6.45, 7) is 5.58. The van der Waals surface area contributed by atoms with Crippen LogP contribution >= 0.6 is 0 Å². The number of alkyl halides is 3. The molecule has 2 aliphatic carbocycles. The van der Waals surface area contributed by atoms with Crippen molar-refractivity contribution in [2.75, 3.05) is 6.54 Å². The molecule has 4 aliphatic rings. The Kier molecular flexibility index (Phi) is 11.8. The van der Waals surface area contributed by atoms with Gasteiger partial charge in [0.1, 0.15) is 17.4 Å². The summed E-state index contributed by atoms with van der Waals surface area (Å²) < 4.78 is 80.1. The largest absolute Gasteiger partial charge is 0.573 e. The van der Waals surface area contributed by atoms with Crippen molar-refractivity contribution in [2.45, 2.75) is 121 Å². The molecule has 0 bridgehead atoms. The number of Topliss-reactive ketones (excluding diaryl/α,β-unsaturated/α-hetero) is 1. The molecule has 2 saturated carbocycles. The number of carbonyl (C=O) groups is 3. The molecule has 62 heavy (non-hydrogen) atoms. The Balaban J connectivity index is 1.13. The van der Waals surface area contributed by atoms with Crippen LogP contribution in [-0.2, 0) is 30.8 Å². The molecular formula is C47H53F3N4O7S. The Bertz CT molecular complexity index is 2480. The number of nitrogens with one attached hydrogen (secondary N) is 1. The van der Waals surface area contributed by atoms with E-state index in [-0.39, 0.29) is 54.8 Å². The number of fused-ring (bicyclic) bond motifs is 3. The predicted octanol–water partition coefficient (Wildman–Crippen LogP) is 8.87. The van der Waals surface area contributed by atoms with Gasteiger partial charge in [-0.05, 0) is 101 Å². The Morgan fingerprint density at radius 1 is 1.00 bits per heavy atom. The lowest BCUT2D eigenvalue weighted by atomic mass is 9.90. The molecule has 2 aliphatic heterocycles. The first-order chi connectivity index (χ1) is 29.5. The minimum absolute atomic E-state index is 0.0702. The number of hydrogen-bond acceptors (Lipinski definition) is 8. The number of hydrogen-bond donors (Lipinski definition) is 1. The van der Waals surface area contributed by atoms with Crippen molar-refractivity contribution in [1.82, 2.24) is 19.2 Å². The number of imidazole rings is 1. The number of nitrogens with zero attached hydrogens (tertiary/aromatic N) is 3. The van der Waals surface area contributed by atoms with E-state index in [1.54, 1.807) is 30.0 Å². The number of aromatic nitrogens is 2. The maximum absolute atomic E-state index is 14.9. The van der Waals surface area contributed by atoms with Crippen molar-refractivity contribution in [2.24, 2.45) is 17.3 Å². The fourth-order valence-electron chi connectivity index (χ4n) is 9.24. The van der Waals surface area contributed by atoms with Crippen molar-refractivity contribution < 1.29 is 45.4 Å². The molecule has 0 spiro atoms. The Hall–Kier alpha value is -5.18. The van der Waals surface area contributed by atoms with Crippen LogP contribution < -0.4 is 14.2 Å². The predicted molar refractivity (Wildman–Crippen MR) is 227 cm³/mol. The lowest BCUT2D eigenvalue weighted by Crippen LogP contribution is -2.47. The molecule has 3 fully saturated rings. The van der Waals surface area contributed by atoms with Gasteiger partial charge in [0.2, 0.25) is 21.8 Å². The SMILES string of the molecule is CC(C)n1c(O[C@@H]2C[C@H]3C(=O)C[C@]4(C(=O)NS(=O)(=O)C5(C)CC5)C[C@H]4/C=C\CCCCC[C@H](Cc4ccccc4)C(=O)N3C2)nc2c(-c3cccc(OC(F)(F)F)c3)cccc21. The zero-order valence-electron chi connectivity index (χ0n) is 35.2. The summed E-state index contributed by atoms with van der Waals surface area (Å²) in [5, 5.41) is 0. The molecule has 330 valence electrons. The summed E-state index contributed by atoms with van der Waals surface area (Å²) in [6.07, 6.45) is 3.95. The maximum Gasteiger partial charge on any atom is 0.573 e. The second kappa shape index (κ2) is 16.8. The molecule has 4 aromatic rings. The standard InChI is InChI=1S/C47H53F3N4O7S/c1-30(2)54-38-21-13-20-37(32-17-12-19-35(25-32)61-47(48,49)50)41(38)51-44(54)60-36-26-39-40(55)28-46(43(57)52-62(58,59)45(3)22-23-45)27-34(46)18-11-6-4-5-10-16-33(42(56)53(39)29-36)24-31-14-8-7-9-15-31/h7-9,11-15,17-21,25,30,33-34,36,39H,4-6,10,16,22-24,26-29H2,1-3H3,(H,52,57)/b18-11-/t33-,34-,36-,39+,46-/m1/s1. The average molecular weight is 875 g/mol. The zero-order chi connectivity index (χ0) is 44.0. The normalized spacial score (nSPS) is 26.0. The van der Waals surface area contributed by atoms with Gasteiger partial charge in [-0.1, -0.05) is 79.6 Å². The van der Waals surface area contributed by atoms with Crippen molar-refractivity contribution in [3.8, 4) is 22.9 Å². The molecule has 1 N–H and O–H groups in total. The molecule has 2 amide bonds. The highest BCUT2D eigenvalue weighted by molar-refractivity contribution is 7.91. The van der Waals surface area contributed by atoms with Gasteiger partial charge < -0.3 is 14.4 Å². The number of ether oxygens (including phenoxy) is 2. The van der Waals surface area contributed by atoms with Crippen LogP contribution in [0.2, 0.25) is 0 Å².